The number of hydrogen-bond acceptors (Lipinski definition) is 5. The largest absolute Gasteiger partial charge is 0.487 e. The fourth-order valence-corrected chi connectivity index (χ4v) is 2.63. The minimum absolute atomic E-state index is 0.0884. The molecule has 2 aromatic rings. The fraction of sp³-hybridized carbons (Fsp3) is 0.333. The van der Waals surface area contributed by atoms with Gasteiger partial charge in [-0.25, -0.2) is 9.78 Å². The van der Waals surface area contributed by atoms with Gasteiger partial charge < -0.3 is 14.7 Å². The first-order valence-electron chi connectivity index (χ1n) is 6.79. The van der Waals surface area contributed by atoms with Crippen LogP contribution in [0.1, 0.15) is 29.3 Å². The molecule has 0 bridgehead atoms. The lowest BCUT2D eigenvalue weighted by Gasteiger charge is -2.21. The molecule has 0 aliphatic rings. The molecule has 21 heavy (non-hydrogen) atoms. The maximum absolute atomic E-state index is 10.8. The molecule has 0 spiro atoms. The highest BCUT2D eigenvalue weighted by molar-refractivity contribution is 7.11. The summed E-state index contributed by atoms with van der Waals surface area (Å²) >= 11 is 1.11. The fourth-order valence-electron chi connectivity index (χ4n) is 1.99. The minimum Gasteiger partial charge on any atom is -0.487 e. The second-order valence-corrected chi connectivity index (χ2v) is 5.27. The standard InChI is InChI=1S/C15H18N2O3S/c1-3-17(4-2)12-6-5-7-13(8-12)20-9-11-10-21-14(16-11)15(18)19/h5-8,10H,3-4,9H2,1-2H3,(H,18,19). The number of rotatable bonds is 7. The molecule has 0 fully saturated rings. The topological polar surface area (TPSA) is 62.7 Å². The minimum atomic E-state index is -1.00. The van der Waals surface area contributed by atoms with Crippen molar-refractivity contribution in [3.05, 3.63) is 40.3 Å². The third-order valence-electron chi connectivity index (χ3n) is 3.07. The van der Waals surface area contributed by atoms with Crippen molar-refractivity contribution in [1.29, 1.82) is 0 Å². The monoisotopic (exact) mass is 306 g/mol. The average Bonchev–Trinajstić information content (AvgIpc) is 2.96. The van der Waals surface area contributed by atoms with Crippen LogP contribution >= 0.6 is 11.3 Å². The van der Waals surface area contributed by atoms with Crippen molar-refractivity contribution >= 4 is 23.0 Å². The van der Waals surface area contributed by atoms with Gasteiger partial charge in [-0.05, 0) is 26.0 Å². The summed E-state index contributed by atoms with van der Waals surface area (Å²) in [4.78, 5) is 17.0. The van der Waals surface area contributed by atoms with Crippen LogP contribution in [0.25, 0.3) is 0 Å². The average molecular weight is 306 g/mol. The highest BCUT2D eigenvalue weighted by Gasteiger charge is 2.09. The number of anilines is 1. The van der Waals surface area contributed by atoms with Crippen LogP contribution in [-0.4, -0.2) is 29.1 Å². The Labute approximate surface area is 127 Å². The summed E-state index contributed by atoms with van der Waals surface area (Å²) in [5.74, 6) is -0.251. The Bertz CT molecular complexity index is 608. The molecule has 0 atom stereocenters. The van der Waals surface area contributed by atoms with Crippen molar-refractivity contribution in [3.8, 4) is 5.75 Å². The van der Waals surface area contributed by atoms with E-state index in [1.807, 2.05) is 24.3 Å². The number of carboxylic acids is 1. The number of nitrogens with zero attached hydrogens (tertiary/aromatic N) is 2. The van der Waals surface area contributed by atoms with Gasteiger partial charge in [0.05, 0.1) is 5.69 Å². The van der Waals surface area contributed by atoms with Gasteiger partial charge in [-0.15, -0.1) is 11.3 Å². The zero-order chi connectivity index (χ0) is 15.2. The predicted octanol–water partition coefficient (Wildman–Crippen LogP) is 3.27. The summed E-state index contributed by atoms with van der Waals surface area (Å²) < 4.78 is 5.69. The van der Waals surface area contributed by atoms with Crippen LogP contribution in [-0.2, 0) is 6.61 Å². The quantitative estimate of drug-likeness (QED) is 0.850. The van der Waals surface area contributed by atoms with Crippen LogP contribution in [0.4, 0.5) is 5.69 Å². The van der Waals surface area contributed by atoms with Gasteiger partial charge in [0, 0.05) is 30.2 Å². The van der Waals surface area contributed by atoms with Gasteiger partial charge >= 0.3 is 5.97 Å². The molecule has 0 saturated carbocycles. The first kappa shape index (κ1) is 15.3. The first-order valence-corrected chi connectivity index (χ1v) is 7.67. The van der Waals surface area contributed by atoms with Crippen LogP contribution in [0.15, 0.2) is 29.6 Å². The Kier molecular flexibility index (Phi) is 5.16. The number of benzene rings is 1. The van der Waals surface area contributed by atoms with Crippen LogP contribution in [0.3, 0.4) is 0 Å². The molecule has 0 aliphatic carbocycles. The van der Waals surface area contributed by atoms with Gasteiger partial charge in [0.2, 0.25) is 5.01 Å². The molecule has 2 rings (SSSR count). The highest BCUT2D eigenvalue weighted by Crippen LogP contribution is 2.22. The number of carboxylic acid groups (broad SMARTS) is 1. The van der Waals surface area contributed by atoms with Crippen molar-refractivity contribution in [2.45, 2.75) is 20.5 Å². The second kappa shape index (κ2) is 7.08. The summed E-state index contributed by atoms with van der Waals surface area (Å²) in [5.41, 5.74) is 1.74. The molecule has 5 nitrogen and oxygen atoms in total. The van der Waals surface area contributed by atoms with Crippen molar-refractivity contribution in [2.24, 2.45) is 0 Å². The first-order chi connectivity index (χ1) is 10.1. The SMILES string of the molecule is CCN(CC)c1cccc(OCc2csc(C(=O)O)n2)c1. The number of aromatic carboxylic acids is 1. The second-order valence-electron chi connectivity index (χ2n) is 4.41. The third-order valence-corrected chi connectivity index (χ3v) is 3.95. The predicted molar refractivity (Wildman–Crippen MR) is 83.4 cm³/mol. The van der Waals surface area contributed by atoms with Crippen molar-refractivity contribution in [2.75, 3.05) is 18.0 Å². The van der Waals surface area contributed by atoms with E-state index in [0.29, 0.717) is 5.69 Å². The lowest BCUT2D eigenvalue weighted by Crippen LogP contribution is -2.21. The van der Waals surface area contributed by atoms with Gasteiger partial charge in [0.25, 0.3) is 0 Å². The molecule has 112 valence electrons. The molecule has 1 N–H and O–H groups in total. The van der Waals surface area contributed by atoms with Gasteiger partial charge in [0.15, 0.2) is 0 Å². The molecule has 1 heterocycles. The van der Waals surface area contributed by atoms with Gasteiger partial charge in [-0.3, -0.25) is 0 Å². The molecule has 0 saturated heterocycles. The van der Waals surface area contributed by atoms with E-state index in [-0.39, 0.29) is 11.6 Å². The Morgan fingerprint density at radius 1 is 1.38 bits per heavy atom. The van der Waals surface area contributed by atoms with E-state index >= 15 is 0 Å². The molecule has 0 radical (unpaired) electrons. The van der Waals surface area contributed by atoms with Crippen LogP contribution < -0.4 is 9.64 Å². The van der Waals surface area contributed by atoms with Gasteiger partial charge in [-0.2, -0.15) is 0 Å². The van der Waals surface area contributed by atoms with E-state index in [4.69, 9.17) is 9.84 Å². The third kappa shape index (κ3) is 3.95. The van der Waals surface area contributed by atoms with E-state index in [1.165, 1.54) is 0 Å². The van der Waals surface area contributed by atoms with Gasteiger partial charge in [0.1, 0.15) is 12.4 Å². The molecule has 0 amide bonds. The molecule has 0 aliphatic heterocycles. The lowest BCUT2D eigenvalue weighted by molar-refractivity contribution is 0.0696. The number of hydrogen-bond donors (Lipinski definition) is 1. The Balaban J connectivity index is 2.02. The lowest BCUT2D eigenvalue weighted by atomic mass is 10.2. The van der Waals surface area contributed by atoms with Gasteiger partial charge in [-0.1, -0.05) is 6.07 Å². The van der Waals surface area contributed by atoms with Crippen molar-refractivity contribution in [1.82, 2.24) is 4.98 Å². The summed E-state index contributed by atoms with van der Waals surface area (Å²) in [6.07, 6.45) is 0. The Morgan fingerprint density at radius 2 is 2.14 bits per heavy atom. The van der Waals surface area contributed by atoms with Crippen LogP contribution in [0, 0.1) is 0 Å². The van der Waals surface area contributed by atoms with Crippen molar-refractivity contribution < 1.29 is 14.6 Å². The van der Waals surface area contributed by atoms with Crippen LogP contribution in [0.5, 0.6) is 5.75 Å². The highest BCUT2D eigenvalue weighted by atomic mass is 32.1. The molecule has 0 unspecified atom stereocenters. The molecule has 1 aromatic heterocycles. The van der Waals surface area contributed by atoms with E-state index in [2.05, 4.69) is 23.7 Å². The Morgan fingerprint density at radius 3 is 2.76 bits per heavy atom. The number of carbonyl (C=O) groups is 1. The van der Waals surface area contributed by atoms with E-state index in [9.17, 15) is 4.79 Å². The molecular weight excluding hydrogens is 288 g/mol. The number of ether oxygens (including phenoxy) is 1. The normalized spacial score (nSPS) is 10.4. The van der Waals surface area contributed by atoms with Crippen LogP contribution in [0.2, 0.25) is 0 Å². The zero-order valence-electron chi connectivity index (χ0n) is 12.1. The maximum Gasteiger partial charge on any atom is 0.365 e. The maximum atomic E-state index is 10.8. The molecule has 6 heteroatoms. The summed E-state index contributed by atoms with van der Waals surface area (Å²) in [7, 11) is 0. The smallest absolute Gasteiger partial charge is 0.365 e. The van der Waals surface area contributed by atoms with E-state index in [1.54, 1.807) is 5.38 Å². The molecule has 1 aromatic carbocycles. The number of aromatic nitrogens is 1. The van der Waals surface area contributed by atoms with E-state index in [0.717, 1.165) is 35.9 Å². The summed E-state index contributed by atoms with van der Waals surface area (Å²) in [6.45, 7) is 6.37. The summed E-state index contributed by atoms with van der Waals surface area (Å²) in [6, 6.07) is 7.87. The van der Waals surface area contributed by atoms with E-state index < -0.39 is 5.97 Å². The Hall–Kier alpha value is -2.08. The number of thiazole rings is 1. The molecular formula is C15H18N2O3S. The zero-order valence-corrected chi connectivity index (χ0v) is 12.9. The summed E-state index contributed by atoms with van der Waals surface area (Å²) in [5, 5.41) is 10.6. The van der Waals surface area contributed by atoms with Crippen molar-refractivity contribution in [3.63, 3.8) is 0 Å².